The van der Waals surface area contributed by atoms with Gasteiger partial charge in [-0.15, -0.1) is 0 Å². The highest BCUT2D eigenvalue weighted by Gasteiger charge is 2.18. The van der Waals surface area contributed by atoms with Crippen molar-refractivity contribution in [3.8, 4) is 0 Å². The lowest BCUT2D eigenvalue weighted by molar-refractivity contribution is 0.556. The minimum Gasteiger partial charge on any atom is -0.313 e. The quantitative estimate of drug-likeness (QED) is 0.683. The molecule has 0 atom stereocenters. The van der Waals surface area contributed by atoms with Crippen molar-refractivity contribution in [1.29, 1.82) is 0 Å². The first-order chi connectivity index (χ1) is 9.51. The van der Waals surface area contributed by atoms with Crippen LogP contribution >= 0.6 is 11.8 Å². The molecule has 0 heterocycles. The summed E-state index contributed by atoms with van der Waals surface area (Å²) in [6, 6.07) is 4.22. The third-order valence-electron chi connectivity index (χ3n) is 2.64. The predicted octanol–water partition coefficient (Wildman–Crippen LogP) is 1.97. The average Bonchev–Trinajstić information content (AvgIpc) is 2.39. The first-order valence-electron chi connectivity index (χ1n) is 6.49. The van der Waals surface area contributed by atoms with E-state index in [9.17, 15) is 12.8 Å². The highest BCUT2D eigenvalue weighted by molar-refractivity contribution is 7.98. The summed E-state index contributed by atoms with van der Waals surface area (Å²) in [6.45, 7) is 3.72. The third kappa shape index (κ3) is 5.40. The highest BCUT2D eigenvalue weighted by atomic mass is 32.2. The van der Waals surface area contributed by atoms with Gasteiger partial charge in [0.05, 0.1) is 0 Å². The summed E-state index contributed by atoms with van der Waals surface area (Å²) in [4.78, 5) is -0.294. The summed E-state index contributed by atoms with van der Waals surface area (Å²) < 4.78 is 40.1. The van der Waals surface area contributed by atoms with Crippen molar-refractivity contribution in [2.24, 2.45) is 0 Å². The molecule has 20 heavy (non-hydrogen) atoms. The first-order valence-corrected chi connectivity index (χ1v) is 9.36. The number of sulfonamides is 1. The highest BCUT2D eigenvalue weighted by Crippen LogP contribution is 2.16. The second kappa shape index (κ2) is 8.61. The molecule has 2 N–H and O–H groups in total. The molecule has 0 unspecified atom stereocenters. The molecule has 0 spiro atoms. The number of benzene rings is 1. The maximum Gasteiger partial charge on any atom is 0.243 e. The first kappa shape index (κ1) is 17.4. The van der Waals surface area contributed by atoms with Gasteiger partial charge in [0.25, 0.3) is 0 Å². The van der Waals surface area contributed by atoms with Crippen molar-refractivity contribution in [1.82, 2.24) is 10.0 Å². The Balaban J connectivity index is 2.76. The fourth-order valence-electron chi connectivity index (χ4n) is 1.64. The van der Waals surface area contributed by atoms with Crippen molar-refractivity contribution >= 4 is 21.8 Å². The molecule has 0 saturated heterocycles. The van der Waals surface area contributed by atoms with E-state index < -0.39 is 15.8 Å². The number of halogens is 1. The maximum absolute atomic E-state index is 13.9. The fraction of sp³-hybridized carbons (Fsp3) is 0.538. The van der Waals surface area contributed by atoms with Gasteiger partial charge in [-0.05, 0) is 36.9 Å². The van der Waals surface area contributed by atoms with E-state index in [-0.39, 0.29) is 4.90 Å². The molecule has 0 saturated carbocycles. The Morgan fingerprint density at radius 2 is 2.05 bits per heavy atom. The fourth-order valence-corrected chi connectivity index (χ4v) is 3.16. The summed E-state index contributed by atoms with van der Waals surface area (Å²) in [5.41, 5.74) is 0.735. The largest absolute Gasteiger partial charge is 0.313 e. The zero-order valence-corrected chi connectivity index (χ0v) is 13.4. The minimum absolute atomic E-state index is 0.294. The zero-order chi connectivity index (χ0) is 15.0. The molecule has 0 aliphatic carbocycles. The van der Waals surface area contributed by atoms with Crippen molar-refractivity contribution in [2.75, 3.05) is 25.1 Å². The van der Waals surface area contributed by atoms with Gasteiger partial charge >= 0.3 is 0 Å². The van der Waals surface area contributed by atoms with Crippen LogP contribution in [0.5, 0.6) is 0 Å². The van der Waals surface area contributed by atoms with Crippen LogP contribution in [0, 0.1) is 5.82 Å². The van der Waals surface area contributed by atoms with Gasteiger partial charge in [0, 0.05) is 18.8 Å². The molecule has 0 aromatic heterocycles. The van der Waals surface area contributed by atoms with E-state index in [4.69, 9.17) is 0 Å². The number of thioether (sulfide) groups is 1. The van der Waals surface area contributed by atoms with Crippen molar-refractivity contribution in [3.05, 3.63) is 29.6 Å². The van der Waals surface area contributed by atoms with Gasteiger partial charge < -0.3 is 5.32 Å². The lowest BCUT2D eigenvalue weighted by Crippen LogP contribution is -2.27. The minimum atomic E-state index is -3.76. The van der Waals surface area contributed by atoms with Crippen molar-refractivity contribution < 1.29 is 12.8 Å². The van der Waals surface area contributed by atoms with E-state index in [0.717, 1.165) is 18.5 Å². The molecule has 0 amide bonds. The molecule has 1 aromatic rings. The number of hydrogen-bond donors (Lipinski definition) is 2. The monoisotopic (exact) mass is 320 g/mol. The van der Waals surface area contributed by atoms with Crippen LogP contribution in [0.25, 0.3) is 0 Å². The Morgan fingerprint density at radius 3 is 2.65 bits per heavy atom. The van der Waals surface area contributed by atoms with Crippen molar-refractivity contribution in [3.63, 3.8) is 0 Å². The molecular formula is C13H21FN2O2S2. The van der Waals surface area contributed by atoms with Gasteiger partial charge in [-0.1, -0.05) is 13.0 Å². The van der Waals surface area contributed by atoms with Crippen LogP contribution in [0.4, 0.5) is 4.39 Å². The van der Waals surface area contributed by atoms with Crippen LogP contribution in [0.15, 0.2) is 23.1 Å². The lowest BCUT2D eigenvalue weighted by atomic mass is 10.2. The third-order valence-corrected chi connectivity index (χ3v) is 4.75. The van der Waals surface area contributed by atoms with E-state index >= 15 is 0 Å². The van der Waals surface area contributed by atoms with Gasteiger partial charge in [-0.25, -0.2) is 17.5 Å². The van der Waals surface area contributed by atoms with Gasteiger partial charge in [-0.3, -0.25) is 0 Å². The molecule has 4 nitrogen and oxygen atoms in total. The Morgan fingerprint density at radius 1 is 1.30 bits per heavy atom. The molecule has 114 valence electrons. The van der Waals surface area contributed by atoms with E-state index in [1.807, 2.05) is 13.2 Å². The molecule has 0 aliphatic heterocycles. The molecule has 1 rings (SSSR count). The van der Waals surface area contributed by atoms with Gasteiger partial charge in [0.15, 0.2) is 0 Å². The summed E-state index contributed by atoms with van der Waals surface area (Å²) in [7, 11) is -3.76. The summed E-state index contributed by atoms with van der Waals surface area (Å²) in [5.74, 6) is -0.0580. The summed E-state index contributed by atoms with van der Waals surface area (Å²) >= 11 is 1.53. The Hall–Kier alpha value is -0.630. The molecule has 7 heteroatoms. The Bertz CT molecular complexity index is 521. The molecule has 1 aromatic carbocycles. The topological polar surface area (TPSA) is 58.2 Å². The van der Waals surface area contributed by atoms with Gasteiger partial charge in [-0.2, -0.15) is 11.8 Å². The SMILES string of the molecule is CCCNCc1ccc(S(=O)(=O)NCCSC)c(F)c1. The Kier molecular flexibility index (Phi) is 7.50. The molecule has 0 fully saturated rings. The zero-order valence-electron chi connectivity index (χ0n) is 11.8. The summed E-state index contributed by atoms with van der Waals surface area (Å²) in [5, 5.41) is 3.14. The maximum atomic E-state index is 13.9. The number of rotatable bonds is 9. The van der Waals surface area contributed by atoms with Crippen LogP contribution in [-0.4, -0.2) is 33.5 Å². The van der Waals surface area contributed by atoms with E-state index in [1.165, 1.54) is 23.9 Å². The summed E-state index contributed by atoms with van der Waals surface area (Å²) in [6.07, 6.45) is 2.88. The number of hydrogen-bond acceptors (Lipinski definition) is 4. The smallest absolute Gasteiger partial charge is 0.243 e. The average molecular weight is 320 g/mol. The van der Waals surface area contributed by atoms with Crippen LogP contribution in [0.1, 0.15) is 18.9 Å². The van der Waals surface area contributed by atoms with E-state index in [2.05, 4.69) is 10.0 Å². The number of nitrogens with one attached hydrogen (secondary N) is 2. The van der Waals surface area contributed by atoms with E-state index in [0.29, 0.717) is 18.8 Å². The van der Waals surface area contributed by atoms with Crippen LogP contribution < -0.4 is 10.0 Å². The lowest BCUT2D eigenvalue weighted by Gasteiger charge is -2.09. The second-order valence-electron chi connectivity index (χ2n) is 4.33. The van der Waals surface area contributed by atoms with Gasteiger partial charge in [0.1, 0.15) is 10.7 Å². The van der Waals surface area contributed by atoms with Crippen LogP contribution in [0.3, 0.4) is 0 Å². The standard InChI is InChI=1S/C13H21FN2O2S2/c1-3-6-15-10-11-4-5-13(12(14)9-11)20(17,18)16-7-8-19-2/h4-5,9,15-16H,3,6-8,10H2,1-2H3. The van der Waals surface area contributed by atoms with Gasteiger partial charge in [0.2, 0.25) is 10.0 Å². The predicted molar refractivity (Wildman–Crippen MR) is 82.0 cm³/mol. The molecule has 0 aliphatic rings. The second-order valence-corrected chi connectivity index (χ2v) is 7.05. The molecule has 0 radical (unpaired) electrons. The van der Waals surface area contributed by atoms with E-state index in [1.54, 1.807) is 6.07 Å². The van der Waals surface area contributed by atoms with Crippen LogP contribution in [-0.2, 0) is 16.6 Å². The normalized spacial score (nSPS) is 11.8. The molecular weight excluding hydrogens is 299 g/mol. The Labute approximate surface area is 124 Å². The van der Waals surface area contributed by atoms with Crippen molar-refractivity contribution in [2.45, 2.75) is 24.8 Å². The molecule has 0 bridgehead atoms. The van der Waals surface area contributed by atoms with Crippen LogP contribution in [0.2, 0.25) is 0 Å².